The highest BCUT2D eigenvalue weighted by molar-refractivity contribution is 9.10. The molecule has 0 aliphatic heterocycles. The first-order valence-corrected chi connectivity index (χ1v) is 7.54. The van der Waals surface area contributed by atoms with Gasteiger partial charge in [-0.25, -0.2) is 0 Å². The topological polar surface area (TPSA) is 29.1 Å². The van der Waals surface area contributed by atoms with Crippen LogP contribution in [0.5, 0.6) is 0 Å². The molecule has 0 bridgehead atoms. The predicted octanol–water partition coefficient (Wildman–Crippen LogP) is 5.97. The van der Waals surface area contributed by atoms with Crippen molar-refractivity contribution in [2.75, 3.05) is 5.32 Å². The third-order valence-corrected chi connectivity index (χ3v) is 4.78. The fourth-order valence-corrected chi connectivity index (χ4v) is 2.67. The van der Waals surface area contributed by atoms with Crippen LogP contribution < -0.4 is 5.32 Å². The quantitative estimate of drug-likeness (QED) is 0.626. The van der Waals surface area contributed by atoms with Crippen LogP contribution in [0.2, 0.25) is 15.1 Å². The second-order valence-corrected chi connectivity index (χ2v) is 6.15. The highest BCUT2D eigenvalue weighted by atomic mass is 79.9. The largest absolute Gasteiger partial charge is 0.321 e. The Morgan fingerprint density at radius 1 is 1.10 bits per heavy atom. The average molecular weight is 393 g/mol. The zero-order valence-corrected chi connectivity index (χ0v) is 14.2. The van der Waals surface area contributed by atoms with Crippen LogP contribution in [0.3, 0.4) is 0 Å². The summed E-state index contributed by atoms with van der Waals surface area (Å²) in [6, 6.07) is 8.45. The maximum Gasteiger partial charge on any atom is 0.256 e. The number of nitrogens with one attached hydrogen (secondary N) is 1. The number of carbonyl (C=O) groups is 1. The molecule has 0 aliphatic carbocycles. The van der Waals surface area contributed by atoms with E-state index in [-0.39, 0.29) is 5.91 Å². The first-order chi connectivity index (χ1) is 9.40. The van der Waals surface area contributed by atoms with Gasteiger partial charge in [0.1, 0.15) is 0 Å². The number of hydrogen-bond donors (Lipinski definition) is 1. The Morgan fingerprint density at radius 2 is 1.75 bits per heavy atom. The maximum atomic E-state index is 12.3. The normalized spacial score (nSPS) is 10.4. The molecular formula is C14H9BrCl3NO. The van der Waals surface area contributed by atoms with E-state index in [4.69, 9.17) is 34.8 Å². The van der Waals surface area contributed by atoms with Crippen LogP contribution in [0.1, 0.15) is 15.9 Å². The Labute approximate surface area is 140 Å². The molecule has 2 nitrogen and oxygen atoms in total. The molecule has 0 spiro atoms. The van der Waals surface area contributed by atoms with Crippen LogP contribution in [0, 0.1) is 6.92 Å². The smallest absolute Gasteiger partial charge is 0.256 e. The number of hydrogen-bond acceptors (Lipinski definition) is 1. The van der Waals surface area contributed by atoms with Crippen LogP contribution in [0.25, 0.3) is 0 Å². The summed E-state index contributed by atoms with van der Waals surface area (Å²) in [6.45, 7) is 1.91. The molecule has 0 heterocycles. The Hall–Kier alpha value is -0.740. The van der Waals surface area contributed by atoms with Crippen molar-refractivity contribution in [3.05, 3.63) is 61.0 Å². The molecular weight excluding hydrogens is 384 g/mol. The van der Waals surface area contributed by atoms with E-state index < -0.39 is 0 Å². The van der Waals surface area contributed by atoms with Gasteiger partial charge in [-0.3, -0.25) is 4.79 Å². The lowest BCUT2D eigenvalue weighted by Crippen LogP contribution is -2.13. The predicted molar refractivity (Wildman–Crippen MR) is 88.3 cm³/mol. The number of aryl methyl sites for hydroxylation is 1. The minimum Gasteiger partial charge on any atom is -0.321 e. The van der Waals surface area contributed by atoms with Crippen LogP contribution in [0.15, 0.2) is 34.8 Å². The fourth-order valence-electron chi connectivity index (χ4n) is 1.63. The minimum atomic E-state index is -0.277. The van der Waals surface area contributed by atoms with E-state index in [1.54, 1.807) is 6.07 Å². The van der Waals surface area contributed by atoms with E-state index in [2.05, 4.69) is 21.2 Å². The van der Waals surface area contributed by atoms with E-state index in [0.29, 0.717) is 26.3 Å². The van der Waals surface area contributed by atoms with Gasteiger partial charge in [-0.1, -0.05) is 46.9 Å². The molecule has 0 atom stereocenters. The second kappa shape index (κ2) is 6.35. The number of anilines is 1. The fraction of sp³-hybridized carbons (Fsp3) is 0.0714. The molecule has 0 aliphatic rings. The second-order valence-electron chi connectivity index (χ2n) is 4.14. The summed E-state index contributed by atoms with van der Waals surface area (Å²) in [6.07, 6.45) is 0. The van der Waals surface area contributed by atoms with Crippen molar-refractivity contribution < 1.29 is 4.79 Å². The van der Waals surface area contributed by atoms with Gasteiger partial charge in [0.15, 0.2) is 0 Å². The van der Waals surface area contributed by atoms with Gasteiger partial charge in [0, 0.05) is 4.47 Å². The summed E-state index contributed by atoms with van der Waals surface area (Å²) in [5, 5.41) is 3.72. The molecule has 0 saturated heterocycles. The molecule has 0 radical (unpaired) electrons. The van der Waals surface area contributed by atoms with Gasteiger partial charge >= 0.3 is 0 Å². The van der Waals surface area contributed by atoms with Crippen molar-refractivity contribution in [2.45, 2.75) is 6.92 Å². The average Bonchev–Trinajstić information content (AvgIpc) is 2.39. The number of carbonyl (C=O) groups excluding carboxylic acids is 1. The molecule has 0 saturated carbocycles. The van der Waals surface area contributed by atoms with Crippen molar-refractivity contribution in [3.63, 3.8) is 0 Å². The van der Waals surface area contributed by atoms with E-state index >= 15 is 0 Å². The van der Waals surface area contributed by atoms with Crippen LogP contribution in [-0.2, 0) is 0 Å². The lowest BCUT2D eigenvalue weighted by molar-refractivity contribution is 0.102. The monoisotopic (exact) mass is 391 g/mol. The molecule has 0 fully saturated rings. The highest BCUT2D eigenvalue weighted by Gasteiger charge is 2.14. The number of rotatable bonds is 2. The van der Waals surface area contributed by atoms with Gasteiger partial charge in [0.05, 0.1) is 26.3 Å². The summed E-state index contributed by atoms with van der Waals surface area (Å²) in [7, 11) is 0. The first-order valence-electron chi connectivity index (χ1n) is 5.61. The van der Waals surface area contributed by atoms with Crippen molar-refractivity contribution >= 4 is 62.3 Å². The van der Waals surface area contributed by atoms with E-state index in [1.807, 2.05) is 19.1 Å². The van der Waals surface area contributed by atoms with Crippen molar-refractivity contribution in [1.82, 2.24) is 0 Å². The summed E-state index contributed by atoms with van der Waals surface area (Å²) in [4.78, 5) is 12.3. The third-order valence-electron chi connectivity index (χ3n) is 2.69. The molecule has 6 heteroatoms. The zero-order chi connectivity index (χ0) is 14.9. The molecule has 2 aromatic carbocycles. The molecule has 0 aromatic heterocycles. The van der Waals surface area contributed by atoms with Gasteiger partial charge in [-0.2, -0.15) is 0 Å². The summed E-state index contributed by atoms with van der Waals surface area (Å²) in [5.74, 6) is -0.277. The van der Waals surface area contributed by atoms with E-state index in [0.717, 1.165) is 10.0 Å². The Balaban J connectivity index is 2.33. The zero-order valence-electron chi connectivity index (χ0n) is 10.3. The summed E-state index contributed by atoms with van der Waals surface area (Å²) in [5.41, 5.74) is 1.91. The van der Waals surface area contributed by atoms with Crippen LogP contribution in [-0.4, -0.2) is 5.91 Å². The first kappa shape index (κ1) is 15.6. The Morgan fingerprint density at radius 3 is 2.45 bits per heavy atom. The maximum absolute atomic E-state index is 12.3. The molecule has 104 valence electrons. The molecule has 2 rings (SSSR count). The third kappa shape index (κ3) is 3.29. The van der Waals surface area contributed by atoms with Crippen molar-refractivity contribution in [1.29, 1.82) is 0 Å². The number of halogens is 4. The molecule has 0 unspecified atom stereocenters. The van der Waals surface area contributed by atoms with Gasteiger partial charge in [0.2, 0.25) is 0 Å². The lowest BCUT2D eigenvalue weighted by Gasteiger charge is -2.10. The van der Waals surface area contributed by atoms with Gasteiger partial charge in [0.25, 0.3) is 5.91 Å². The summed E-state index contributed by atoms with van der Waals surface area (Å²) >= 11 is 21.2. The van der Waals surface area contributed by atoms with Crippen molar-refractivity contribution in [3.8, 4) is 0 Å². The Kier molecular flexibility index (Phi) is 4.97. The van der Waals surface area contributed by atoms with E-state index in [9.17, 15) is 4.79 Å². The van der Waals surface area contributed by atoms with Gasteiger partial charge in [-0.15, -0.1) is 0 Å². The molecule has 1 amide bonds. The SMILES string of the molecule is Cc1cccc(C(=O)Nc2cc(Cl)c(Cl)cc2Cl)c1Br. The molecule has 1 N–H and O–H groups in total. The van der Waals surface area contributed by atoms with Crippen LogP contribution >= 0.6 is 50.7 Å². The minimum absolute atomic E-state index is 0.277. The highest BCUT2D eigenvalue weighted by Crippen LogP contribution is 2.33. The van der Waals surface area contributed by atoms with E-state index in [1.165, 1.54) is 12.1 Å². The van der Waals surface area contributed by atoms with Gasteiger partial charge in [-0.05, 0) is 46.6 Å². The Bertz CT molecular complexity index is 688. The van der Waals surface area contributed by atoms with Crippen LogP contribution in [0.4, 0.5) is 5.69 Å². The molecule has 20 heavy (non-hydrogen) atoms. The van der Waals surface area contributed by atoms with Gasteiger partial charge < -0.3 is 5.32 Å². The molecule has 2 aromatic rings. The standard InChI is InChI=1S/C14H9BrCl3NO/c1-7-3-2-4-8(13(7)15)14(20)19-12-6-10(17)9(16)5-11(12)18/h2-6H,1H3,(H,19,20). The lowest BCUT2D eigenvalue weighted by atomic mass is 10.1. The van der Waals surface area contributed by atoms with Crippen molar-refractivity contribution in [2.24, 2.45) is 0 Å². The number of amides is 1. The number of benzene rings is 2. The summed E-state index contributed by atoms with van der Waals surface area (Å²) < 4.78 is 0.744.